The Morgan fingerprint density at radius 2 is 2.04 bits per heavy atom. The smallest absolute Gasteiger partial charge is 0.240 e. The molecule has 154 valence electrons. The molecule has 0 aromatic heterocycles. The molecular weight excluding hydrogens is 392 g/mol. The van der Waals surface area contributed by atoms with Gasteiger partial charge in [0.15, 0.2) is 0 Å². The third-order valence-corrected chi connectivity index (χ3v) is 5.39. The van der Waals surface area contributed by atoms with Crippen LogP contribution in [-0.4, -0.2) is 42.3 Å². The molecule has 0 radical (unpaired) electrons. The van der Waals surface area contributed by atoms with Crippen molar-refractivity contribution in [2.75, 3.05) is 24.5 Å². The molecule has 0 aliphatic carbocycles. The van der Waals surface area contributed by atoms with E-state index in [2.05, 4.69) is 10.6 Å². The average Bonchev–Trinajstić information content (AvgIpc) is 2.61. The van der Waals surface area contributed by atoms with Gasteiger partial charge in [0.1, 0.15) is 5.82 Å². The molecule has 3 N–H and O–H groups in total. The van der Waals surface area contributed by atoms with E-state index in [-0.39, 0.29) is 42.6 Å². The van der Waals surface area contributed by atoms with Crippen LogP contribution in [0.1, 0.15) is 44.6 Å². The second-order valence-electron chi connectivity index (χ2n) is 7.40. The predicted octanol–water partition coefficient (Wildman–Crippen LogP) is 2.78. The fraction of sp³-hybridized carbons (Fsp3) is 0.632. The van der Waals surface area contributed by atoms with Crippen LogP contribution in [0.5, 0.6) is 0 Å². The van der Waals surface area contributed by atoms with E-state index >= 15 is 0 Å². The monoisotopic (exact) mass is 421 g/mol. The standard InChI is InChI=1S/C19H28FN3O2.2ClH/c1-19(8-2-3-9-22-19)18(25)21-13-14-4-5-17(16(20)12-14)23-10-6-15(24)7-11-23;;/h4-5,12,15,22,24H,2-3,6-11,13H2,1H3,(H,21,25);2*1H. The number of nitrogens with one attached hydrogen (secondary N) is 2. The third kappa shape index (κ3) is 5.95. The Kier molecular flexibility index (Phi) is 9.28. The summed E-state index contributed by atoms with van der Waals surface area (Å²) < 4.78 is 14.5. The first-order valence-corrected chi connectivity index (χ1v) is 9.23. The second-order valence-corrected chi connectivity index (χ2v) is 7.40. The van der Waals surface area contributed by atoms with Gasteiger partial charge in [-0.1, -0.05) is 6.07 Å². The summed E-state index contributed by atoms with van der Waals surface area (Å²) in [7, 11) is 0. The van der Waals surface area contributed by atoms with Crippen molar-refractivity contribution in [3.8, 4) is 0 Å². The Hall–Kier alpha value is -1.08. The average molecular weight is 422 g/mol. The van der Waals surface area contributed by atoms with Gasteiger partial charge in [0, 0.05) is 19.6 Å². The van der Waals surface area contributed by atoms with E-state index in [1.54, 1.807) is 6.07 Å². The molecule has 0 saturated carbocycles. The van der Waals surface area contributed by atoms with Crippen LogP contribution in [0.25, 0.3) is 0 Å². The Morgan fingerprint density at radius 3 is 2.63 bits per heavy atom. The highest BCUT2D eigenvalue weighted by Crippen LogP contribution is 2.24. The van der Waals surface area contributed by atoms with Gasteiger partial charge < -0.3 is 20.6 Å². The van der Waals surface area contributed by atoms with Crippen molar-refractivity contribution in [3.05, 3.63) is 29.6 Å². The topological polar surface area (TPSA) is 64.6 Å². The molecule has 2 aliphatic rings. The van der Waals surface area contributed by atoms with E-state index in [1.807, 2.05) is 17.9 Å². The number of rotatable bonds is 4. The van der Waals surface area contributed by atoms with E-state index in [0.29, 0.717) is 38.2 Å². The first-order valence-electron chi connectivity index (χ1n) is 9.23. The lowest BCUT2D eigenvalue weighted by atomic mass is 9.90. The lowest BCUT2D eigenvalue weighted by Crippen LogP contribution is -2.56. The van der Waals surface area contributed by atoms with Gasteiger partial charge in [0.05, 0.1) is 17.3 Å². The highest BCUT2D eigenvalue weighted by molar-refractivity contribution is 5.86. The lowest BCUT2D eigenvalue weighted by molar-refractivity contribution is -0.128. The number of carbonyl (C=O) groups excluding carboxylic acids is 1. The van der Waals surface area contributed by atoms with Crippen LogP contribution in [-0.2, 0) is 11.3 Å². The maximum Gasteiger partial charge on any atom is 0.240 e. The van der Waals surface area contributed by atoms with Crippen LogP contribution >= 0.6 is 24.8 Å². The SMILES string of the molecule is CC1(C(=O)NCc2ccc(N3CCC(O)CC3)c(F)c2)CCCCN1.Cl.Cl. The quantitative estimate of drug-likeness (QED) is 0.699. The fourth-order valence-corrected chi connectivity index (χ4v) is 3.65. The Labute approximate surface area is 172 Å². The number of anilines is 1. The van der Waals surface area contributed by atoms with Gasteiger partial charge in [-0.15, -0.1) is 24.8 Å². The second kappa shape index (κ2) is 10.5. The van der Waals surface area contributed by atoms with E-state index < -0.39 is 5.54 Å². The number of piperidine rings is 2. The van der Waals surface area contributed by atoms with Crippen molar-refractivity contribution >= 4 is 36.4 Å². The molecule has 27 heavy (non-hydrogen) atoms. The molecule has 2 fully saturated rings. The summed E-state index contributed by atoms with van der Waals surface area (Å²) in [5.41, 5.74) is 0.805. The van der Waals surface area contributed by atoms with Gasteiger partial charge in [0.25, 0.3) is 0 Å². The first-order chi connectivity index (χ1) is 12.0. The molecular formula is C19H30Cl2FN3O2. The molecule has 2 heterocycles. The minimum atomic E-state index is -0.522. The summed E-state index contributed by atoms with van der Waals surface area (Å²) in [6, 6.07) is 5.13. The predicted molar refractivity (Wildman–Crippen MR) is 110 cm³/mol. The van der Waals surface area contributed by atoms with Gasteiger partial charge >= 0.3 is 0 Å². The van der Waals surface area contributed by atoms with Crippen molar-refractivity contribution in [1.29, 1.82) is 0 Å². The summed E-state index contributed by atoms with van der Waals surface area (Å²) in [4.78, 5) is 14.4. The Balaban J connectivity index is 0.00000182. The number of hydrogen-bond acceptors (Lipinski definition) is 4. The number of halogens is 3. The fourth-order valence-electron chi connectivity index (χ4n) is 3.65. The van der Waals surface area contributed by atoms with Crippen LogP contribution in [0.4, 0.5) is 10.1 Å². The zero-order chi connectivity index (χ0) is 17.9. The maximum absolute atomic E-state index is 14.5. The molecule has 1 aromatic carbocycles. The summed E-state index contributed by atoms with van der Waals surface area (Å²) in [6.07, 6.45) is 4.04. The van der Waals surface area contributed by atoms with Gasteiger partial charge in [-0.25, -0.2) is 4.39 Å². The largest absolute Gasteiger partial charge is 0.393 e. The van der Waals surface area contributed by atoms with E-state index in [0.717, 1.165) is 31.4 Å². The summed E-state index contributed by atoms with van der Waals surface area (Å²) in [5, 5.41) is 15.8. The maximum atomic E-state index is 14.5. The first kappa shape index (κ1) is 24.0. The normalized spacial score (nSPS) is 23.1. The molecule has 3 rings (SSSR count). The highest BCUT2D eigenvalue weighted by Gasteiger charge is 2.33. The van der Waals surface area contributed by atoms with Crippen molar-refractivity contribution in [3.63, 3.8) is 0 Å². The van der Waals surface area contributed by atoms with Crippen molar-refractivity contribution in [1.82, 2.24) is 10.6 Å². The van der Waals surface area contributed by atoms with E-state index in [4.69, 9.17) is 0 Å². The molecule has 1 aromatic rings. The van der Waals surface area contributed by atoms with Gasteiger partial charge in [-0.3, -0.25) is 4.79 Å². The molecule has 1 unspecified atom stereocenters. The molecule has 0 spiro atoms. The molecule has 2 aliphatic heterocycles. The van der Waals surface area contributed by atoms with Crippen molar-refractivity contribution < 1.29 is 14.3 Å². The van der Waals surface area contributed by atoms with Gasteiger partial charge in [-0.2, -0.15) is 0 Å². The van der Waals surface area contributed by atoms with Crippen LogP contribution in [0.2, 0.25) is 0 Å². The zero-order valence-corrected chi connectivity index (χ0v) is 17.3. The number of amides is 1. The highest BCUT2D eigenvalue weighted by atomic mass is 35.5. The van der Waals surface area contributed by atoms with Crippen LogP contribution in [0, 0.1) is 5.82 Å². The van der Waals surface area contributed by atoms with E-state index in [9.17, 15) is 14.3 Å². The molecule has 1 amide bonds. The summed E-state index contributed by atoms with van der Waals surface area (Å²) >= 11 is 0. The van der Waals surface area contributed by atoms with E-state index in [1.165, 1.54) is 6.07 Å². The molecule has 8 heteroatoms. The van der Waals surface area contributed by atoms with Crippen LogP contribution < -0.4 is 15.5 Å². The molecule has 1 atom stereocenters. The van der Waals surface area contributed by atoms with Gasteiger partial charge in [0.2, 0.25) is 5.91 Å². The van der Waals surface area contributed by atoms with Crippen LogP contribution in [0.3, 0.4) is 0 Å². The van der Waals surface area contributed by atoms with Crippen molar-refractivity contribution in [2.45, 2.75) is 57.2 Å². The van der Waals surface area contributed by atoms with Gasteiger partial charge in [-0.05, 0) is 63.3 Å². The number of benzene rings is 1. The molecule has 0 bridgehead atoms. The molecule has 2 saturated heterocycles. The number of hydrogen-bond donors (Lipinski definition) is 3. The zero-order valence-electron chi connectivity index (χ0n) is 15.7. The molecule has 5 nitrogen and oxygen atoms in total. The summed E-state index contributed by atoms with van der Waals surface area (Å²) in [5.74, 6) is -0.299. The Morgan fingerprint density at radius 1 is 1.33 bits per heavy atom. The number of carbonyl (C=O) groups is 1. The number of nitrogens with zero attached hydrogens (tertiary/aromatic N) is 1. The van der Waals surface area contributed by atoms with Crippen LogP contribution in [0.15, 0.2) is 18.2 Å². The Bertz CT molecular complexity index is 619. The van der Waals surface area contributed by atoms with Crippen molar-refractivity contribution in [2.24, 2.45) is 0 Å². The number of aliphatic hydroxyl groups is 1. The number of aliphatic hydroxyl groups excluding tert-OH is 1. The minimum absolute atomic E-state index is 0. The summed E-state index contributed by atoms with van der Waals surface area (Å²) in [6.45, 7) is 4.44. The lowest BCUT2D eigenvalue weighted by Gasteiger charge is -2.33. The third-order valence-electron chi connectivity index (χ3n) is 5.39. The minimum Gasteiger partial charge on any atom is -0.393 e.